The van der Waals surface area contributed by atoms with Gasteiger partial charge in [0, 0.05) is 17.3 Å². The van der Waals surface area contributed by atoms with Crippen LogP contribution in [0.2, 0.25) is 0 Å². The first-order chi connectivity index (χ1) is 7.66. The molecule has 2 rings (SSSR count). The average Bonchev–Trinajstić information content (AvgIpc) is 2.62. The Labute approximate surface area is 99.3 Å². The molecule has 1 heterocycles. The molecule has 0 aromatic carbocycles. The van der Waals surface area contributed by atoms with E-state index < -0.39 is 0 Å². The lowest BCUT2D eigenvalue weighted by atomic mass is 9.77. The number of hydrogen-bond acceptors (Lipinski definition) is 1. The van der Waals surface area contributed by atoms with Crippen LogP contribution in [0.5, 0.6) is 0 Å². The summed E-state index contributed by atoms with van der Waals surface area (Å²) in [5.41, 5.74) is 3.08. The third kappa shape index (κ3) is 2.14. The van der Waals surface area contributed by atoms with Gasteiger partial charge in [0.05, 0.1) is 0 Å². The summed E-state index contributed by atoms with van der Waals surface area (Å²) in [5.74, 6) is 0.869. The van der Waals surface area contributed by atoms with Crippen LogP contribution in [-0.2, 0) is 5.41 Å². The molecule has 2 unspecified atom stereocenters. The van der Waals surface area contributed by atoms with E-state index in [1.54, 1.807) is 0 Å². The number of aryl methyl sites for hydroxylation is 1. The molecule has 1 nitrogen and oxygen atoms in total. The van der Waals surface area contributed by atoms with E-state index >= 15 is 0 Å². The number of aromatic nitrogens is 1. The van der Waals surface area contributed by atoms with Gasteiger partial charge in [-0.15, -0.1) is 0 Å². The van der Waals surface area contributed by atoms with Gasteiger partial charge in [-0.2, -0.15) is 0 Å². The Morgan fingerprint density at radius 1 is 1.50 bits per heavy atom. The average molecular weight is 217 g/mol. The quantitative estimate of drug-likeness (QED) is 0.737. The maximum absolute atomic E-state index is 4.65. The van der Waals surface area contributed by atoms with Crippen LogP contribution in [0.4, 0.5) is 0 Å². The Morgan fingerprint density at radius 2 is 2.31 bits per heavy atom. The summed E-state index contributed by atoms with van der Waals surface area (Å²) in [7, 11) is 0. The molecule has 1 aromatic heterocycles. The van der Waals surface area contributed by atoms with Gasteiger partial charge >= 0.3 is 0 Å². The molecule has 0 bridgehead atoms. The van der Waals surface area contributed by atoms with Gasteiger partial charge in [0.2, 0.25) is 0 Å². The molecular formula is C15H23N. The highest BCUT2D eigenvalue weighted by Gasteiger charge is 2.39. The minimum atomic E-state index is 0.389. The van der Waals surface area contributed by atoms with Crippen LogP contribution in [0.15, 0.2) is 18.3 Å². The van der Waals surface area contributed by atoms with Crippen LogP contribution < -0.4 is 0 Å². The minimum Gasteiger partial charge on any atom is -0.261 e. The number of rotatable bonds is 3. The van der Waals surface area contributed by atoms with Crippen molar-refractivity contribution in [1.82, 2.24) is 4.98 Å². The first kappa shape index (κ1) is 11.6. The SMILES string of the molecule is CCCC1(c2cc(C)ccn2)CCC(C)C1. The summed E-state index contributed by atoms with van der Waals surface area (Å²) in [6.07, 6.45) is 8.58. The van der Waals surface area contributed by atoms with Crippen molar-refractivity contribution in [3.8, 4) is 0 Å². The second kappa shape index (κ2) is 4.57. The van der Waals surface area contributed by atoms with Crippen molar-refractivity contribution in [1.29, 1.82) is 0 Å². The van der Waals surface area contributed by atoms with Crippen molar-refractivity contribution in [3.05, 3.63) is 29.6 Å². The normalized spacial score (nSPS) is 29.6. The van der Waals surface area contributed by atoms with Gasteiger partial charge in [0.15, 0.2) is 0 Å². The molecule has 0 spiro atoms. The summed E-state index contributed by atoms with van der Waals surface area (Å²) in [6, 6.07) is 4.40. The molecule has 88 valence electrons. The fraction of sp³-hybridized carbons (Fsp3) is 0.667. The minimum absolute atomic E-state index is 0.389. The first-order valence-electron chi connectivity index (χ1n) is 6.59. The third-order valence-corrected chi connectivity index (χ3v) is 4.04. The van der Waals surface area contributed by atoms with Gasteiger partial charge in [0.1, 0.15) is 0 Å². The van der Waals surface area contributed by atoms with Gasteiger partial charge in [-0.3, -0.25) is 4.98 Å². The lowest BCUT2D eigenvalue weighted by Crippen LogP contribution is -2.24. The summed E-state index contributed by atoms with van der Waals surface area (Å²) < 4.78 is 0. The van der Waals surface area contributed by atoms with Crippen LogP contribution in [-0.4, -0.2) is 4.98 Å². The molecule has 1 aromatic rings. The van der Waals surface area contributed by atoms with E-state index in [0.29, 0.717) is 5.41 Å². The van der Waals surface area contributed by atoms with E-state index in [1.165, 1.54) is 43.4 Å². The molecule has 0 amide bonds. The molecule has 2 atom stereocenters. The molecule has 0 aliphatic heterocycles. The van der Waals surface area contributed by atoms with Crippen molar-refractivity contribution >= 4 is 0 Å². The third-order valence-electron chi connectivity index (χ3n) is 4.04. The largest absolute Gasteiger partial charge is 0.261 e. The van der Waals surface area contributed by atoms with Crippen molar-refractivity contribution < 1.29 is 0 Å². The zero-order valence-electron chi connectivity index (χ0n) is 10.8. The number of hydrogen-bond donors (Lipinski definition) is 0. The Hall–Kier alpha value is -0.850. The van der Waals surface area contributed by atoms with E-state index in [0.717, 1.165) is 5.92 Å². The number of nitrogens with zero attached hydrogens (tertiary/aromatic N) is 1. The molecule has 1 fully saturated rings. The highest BCUT2D eigenvalue weighted by atomic mass is 14.7. The van der Waals surface area contributed by atoms with Crippen LogP contribution >= 0.6 is 0 Å². The Balaban J connectivity index is 2.32. The monoisotopic (exact) mass is 217 g/mol. The molecule has 1 aliphatic carbocycles. The molecular weight excluding hydrogens is 194 g/mol. The Kier molecular flexibility index (Phi) is 3.32. The lowest BCUT2D eigenvalue weighted by molar-refractivity contribution is 0.376. The predicted octanol–water partition coefficient (Wildman–Crippen LogP) is 4.25. The maximum atomic E-state index is 4.65. The highest BCUT2D eigenvalue weighted by molar-refractivity contribution is 5.24. The molecule has 16 heavy (non-hydrogen) atoms. The van der Waals surface area contributed by atoms with Crippen molar-refractivity contribution in [3.63, 3.8) is 0 Å². The molecule has 1 saturated carbocycles. The maximum Gasteiger partial charge on any atom is 0.0468 e. The smallest absolute Gasteiger partial charge is 0.0468 e. The van der Waals surface area contributed by atoms with Crippen LogP contribution in [0.25, 0.3) is 0 Å². The van der Waals surface area contributed by atoms with E-state index in [4.69, 9.17) is 0 Å². The van der Waals surface area contributed by atoms with Gasteiger partial charge in [-0.25, -0.2) is 0 Å². The fourth-order valence-corrected chi connectivity index (χ4v) is 3.29. The second-order valence-corrected chi connectivity index (χ2v) is 5.60. The van der Waals surface area contributed by atoms with E-state index in [9.17, 15) is 0 Å². The zero-order valence-corrected chi connectivity index (χ0v) is 10.8. The standard InChI is InChI=1S/C15H23N/c1-4-7-15(8-5-13(3)11-15)14-10-12(2)6-9-16-14/h6,9-10,13H,4-5,7-8,11H2,1-3H3. The summed E-state index contributed by atoms with van der Waals surface area (Å²) in [5, 5.41) is 0. The van der Waals surface area contributed by atoms with E-state index in [1.807, 2.05) is 6.20 Å². The molecule has 1 heteroatoms. The molecule has 0 saturated heterocycles. The van der Waals surface area contributed by atoms with E-state index in [-0.39, 0.29) is 0 Å². The Morgan fingerprint density at radius 3 is 2.88 bits per heavy atom. The number of pyridine rings is 1. The molecule has 1 aliphatic rings. The van der Waals surface area contributed by atoms with E-state index in [2.05, 4.69) is 37.9 Å². The van der Waals surface area contributed by atoms with Gasteiger partial charge in [-0.05, 0) is 56.2 Å². The summed E-state index contributed by atoms with van der Waals surface area (Å²) in [6.45, 7) is 6.84. The zero-order chi connectivity index (χ0) is 11.6. The molecule has 0 radical (unpaired) electrons. The van der Waals surface area contributed by atoms with Crippen LogP contribution in [0, 0.1) is 12.8 Å². The van der Waals surface area contributed by atoms with Gasteiger partial charge in [0.25, 0.3) is 0 Å². The van der Waals surface area contributed by atoms with Crippen LogP contribution in [0.3, 0.4) is 0 Å². The highest BCUT2D eigenvalue weighted by Crippen LogP contribution is 2.46. The summed E-state index contributed by atoms with van der Waals surface area (Å²) >= 11 is 0. The summed E-state index contributed by atoms with van der Waals surface area (Å²) in [4.78, 5) is 4.65. The van der Waals surface area contributed by atoms with Crippen molar-refractivity contribution in [2.45, 2.75) is 58.3 Å². The fourth-order valence-electron chi connectivity index (χ4n) is 3.29. The second-order valence-electron chi connectivity index (χ2n) is 5.60. The van der Waals surface area contributed by atoms with Gasteiger partial charge < -0.3 is 0 Å². The van der Waals surface area contributed by atoms with Crippen molar-refractivity contribution in [2.24, 2.45) is 5.92 Å². The van der Waals surface area contributed by atoms with Crippen LogP contribution in [0.1, 0.15) is 57.2 Å². The lowest BCUT2D eigenvalue weighted by Gasteiger charge is -2.28. The molecule has 0 N–H and O–H groups in total. The predicted molar refractivity (Wildman–Crippen MR) is 68.6 cm³/mol. The first-order valence-corrected chi connectivity index (χ1v) is 6.59. The van der Waals surface area contributed by atoms with Crippen molar-refractivity contribution in [2.75, 3.05) is 0 Å². The van der Waals surface area contributed by atoms with Gasteiger partial charge in [-0.1, -0.05) is 20.3 Å². The Bertz CT molecular complexity index is 354. The topological polar surface area (TPSA) is 12.9 Å².